The SMILES string of the molecule is CN(C(=O)Oc1cccc(C(=O)O)c1)C1CCCCC1. The van der Waals surface area contributed by atoms with Crippen LogP contribution in [0.2, 0.25) is 0 Å². The summed E-state index contributed by atoms with van der Waals surface area (Å²) in [5.74, 6) is -0.777. The van der Waals surface area contributed by atoms with Crippen LogP contribution in [0.4, 0.5) is 4.79 Å². The van der Waals surface area contributed by atoms with E-state index >= 15 is 0 Å². The lowest BCUT2D eigenvalue weighted by atomic mass is 9.95. The molecule has 1 aliphatic rings. The minimum atomic E-state index is -1.04. The molecule has 20 heavy (non-hydrogen) atoms. The lowest BCUT2D eigenvalue weighted by Crippen LogP contribution is -2.39. The molecule has 108 valence electrons. The fourth-order valence-electron chi connectivity index (χ4n) is 2.48. The van der Waals surface area contributed by atoms with Gasteiger partial charge in [0.05, 0.1) is 5.56 Å². The highest BCUT2D eigenvalue weighted by molar-refractivity contribution is 5.88. The first kappa shape index (κ1) is 14.4. The zero-order valence-corrected chi connectivity index (χ0v) is 11.5. The molecule has 5 heteroatoms. The number of carboxylic acids is 1. The number of benzene rings is 1. The molecule has 0 atom stereocenters. The van der Waals surface area contributed by atoms with E-state index in [0.717, 1.165) is 25.7 Å². The Labute approximate surface area is 118 Å². The van der Waals surface area contributed by atoms with Gasteiger partial charge in [-0.05, 0) is 31.0 Å². The summed E-state index contributed by atoms with van der Waals surface area (Å²) in [4.78, 5) is 24.5. The van der Waals surface area contributed by atoms with Crippen LogP contribution in [0.25, 0.3) is 0 Å². The molecule has 5 nitrogen and oxygen atoms in total. The van der Waals surface area contributed by atoms with E-state index in [1.165, 1.54) is 18.6 Å². The molecule has 0 aliphatic heterocycles. The Bertz CT molecular complexity index is 494. The Morgan fingerprint density at radius 1 is 1.25 bits per heavy atom. The van der Waals surface area contributed by atoms with Gasteiger partial charge in [-0.1, -0.05) is 25.3 Å². The molecule has 0 heterocycles. The smallest absolute Gasteiger partial charge is 0.415 e. The van der Waals surface area contributed by atoms with Crippen LogP contribution in [0.1, 0.15) is 42.5 Å². The Balaban J connectivity index is 1.99. The maximum Gasteiger partial charge on any atom is 0.415 e. The Morgan fingerprint density at radius 3 is 2.60 bits per heavy atom. The third kappa shape index (κ3) is 3.50. The van der Waals surface area contributed by atoms with Gasteiger partial charge in [0.1, 0.15) is 5.75 Å². The fourth-order valence-corrected chi connectivity index (χ4v) is 2.48. The van der Waals surface area contributed by atoms with Gasteiger partial charge < -0.3 is 14.7 Å². The van der Waals surface area contributed by atoms with Gasteiger partial charge in [0, 0.05) is 13.1 Å². The van der Waals surface area contributed by atoms with Crippen molar-refractivity contribution in [2.45, 2.75) is 38.1 Å². The van der Waals surface area contributed by atoms with Gasteiger partial charge in [-0.3, -0.25) is 0 Å². The van der Waals surface area contributed by atoms with Crippen LogP contribution < -0.4 is 4.74 Å². The molecule has 1 N–H and O–H groups in total. The predicted molar refractivity (Wildman–Crippen MR) is 74.1 cm³/mol. The molecule has 0 spiro atoms. The van der Waals surface area contributed by atoms with Crippen molar-refractivity contribution < 1.29 is 19.4 Å². The first-order valence-corrected chi connectivity index (χ1v) is 6.86. The Hall–Kier alpha value is -2.04. The van der Waals surface area contributed by atoms with E-state index in [-0.39, 0.29) is 17.4 Å². The van der Waals surface area contributed by atoms with E-state index in [4.69, 9.17) is 9.84 Å². The van der Waals surface area contributed by atoms with Crippen LogP contribution >= 0.6 is 0 Å². The number of nitrogens with zero attached hydrogens (tertiary/aromatic N) is 1. The minimum Gasteiger partial charge on any atom is -0.478 e. The summed E-state index contributed by atoms with van der Waals surface area (Å²) < 4.78 is 5.24. The van der Waals surface area contributed by atoms with Crippen molar-refractivity contribution in [1.82, 2.24) is 4.90 Å². The van der Waals surface area contributed by atoms with Crippen LogP contribution in [0.5, 0.6) is 5.75 Å². The maximum absolute atomic E-state index is 12.0. The number of ether oxygens (including phenoxy) is 1. The summed E-state index contributed by atoms with van der Waals surface area (Å²) >= 11 is 0. The first-order valence-electron chi connectivity index (χ1n) is 6.86. The monoisotopic (exact) mass is 277 g/mol. The van der Waals surface area contributed by atoms with Gasteiger partial charge in [-0.2, -0.15) is 0 Å². The summed E-state index contributed by atoms with van der Waals surface area (Å²) in [5.41, 5.74) is 0.107. The van der Waals surface area contributed by atoms with Crippen molar-refractivity contribution in [2.75, 3.05) is 7.05 Å². The van der Waals surface area contributed by atoms with Gasteiger partial charge >= 0.3 is 12.1 Å². The molecule has 1 aliphatic carbocycles. The largest absolute Gasteiger partial charge is 0.478 e. The molecular weight excluding hydrogens is 258 g/mol. The third-order valence-corrected chi connectivity index (χ3v) is 3.70. The van der Waals surface area contributed by atoms with Crippen LogP contribution in [0, 0.1) is 0 Å². The molecule has 1 aromatic carbocycles. The van der Waals surface area contributed by atoms with Crippen molar-refractivity contribution in [2.24, 2.45) is 0 Å². The van der Waals surface area contributed by atoms with E-state index in [1.54, 1.807) is 24.1 Å². The first-order chi connectivity index (χ1) is 9.58. The number of rotatable bonds is 3. The molecule has 0 unspecified atom stereocenters. The van der Waals surface area contributed by atoms with E-state index in [9.17, 15) is 9.59 Å². The molecule has 0 aromatic heterocycles. The molecule has 0 radical (unpaired) electrons. The maximum atomic E-state index is 12.0. The molecule has 2 rings (SSSR count). The van der Waals surface area contributed by atoms with Crippen molar-refractivity contribution in [3.8, 4) is 5.75 Å². The molecular formula is C15H19NO4. The van der Waals surface area contributed by atoms with Crippen LogP contribution in [0.15, 0.2) is 24.3 Å². The number of carbonyl (C=O) groups is 2. The fraction of sp³-hybridized carbons (Fsp3) is 0.467. The quantitative estimate of drug-likeness (QED) is 0.921. The molecule has 1 fully saturated rings. The summed E-state index contributed by atoms with van der Waals surface area (Å²) in [6, 6.07) is 6.18. The van der Waals surface area contributed by atoms with Gasteiger partial charge in [0.25, 0.3) is 0 Å². The average Bonchev–Trinajstić information content (AvgIpc) is 2.47. The van der Waals surface area contributed by atoms with Crippen molar-refractivity contribution in [3.63, 3.8) is 0 Å². The van der Waals surface area contributed by atoms with Crippen LogP contribution in [0.3, 0.4) is 0 Å². The van der Waals surface area contributed by atoms with Gasteiger partial charge in [0.15, 0.2) is 0 Å². The second-order valence-corrected chi connectivity index (χ2v) is 5.10. The van der Waals surface area contributed by atoms with Crippen molar-refractivity contribution in [1.29, 1.82) is 0 Å². The summed E-state index contributed by atoms with van der Waals surface area (Å²) in [6.45, 7) is 0. The Morgan fingerprint density at radius 2 is 1.95 bits per heavy atom. The second kappa shape index (κ2) is 6.41. The van der Waals surface area contributed by atoms with Crippen molar-refractivity contribution in [3.05, 3.63) is 29.8 Å². The van der Waals surface area contributed by atoms with E-state index < -0.39 is 12.1 Å². The number of carboxylic acid groups (broad SMARTS) is 1. The van der Waals surface area contributed by atoms with Gasteiger partial charge in [0.2, 0.25) is 0 Å². The van der Waals surface area contributed by atoms with E-state index in [0.29, 0.717) is 0 Å². The van der Waals surface area contributed by atoms with Crippen LogP contribution in [-0.2, 0) is 0 Å². The lowest BCUT2D eigenvalue weighted by Gasteiger charge is -2.30. The highest BCUT2D eigenvalue weighted by Gasteiger charge is 2.23. The second-order valence-electron chi connectivity index (χ2n) is 5.10. The van der Waals surface area contributed by atoms with Crippen molar-refractivity contribution >= 4 is 12.1 Å². The average molecular weight is 277 g/mol. The molecule has 0 saturated heterocycles. The zero-order chi connectivity index (χ0) is 14.5. The lowest BCUT2D eigenvalue weighted by molar-refractivity contribution is 0.0696. The summed E-state index contributed by atoms with van der Waals surface area (Å²) in [6.07, 6.45) is 5.06. The number of hydrogen-bond donors (Lipinski definition) is 1. The normalized spacial score (nSPS) is 15.7. The summed E-state index contributed by atoms with van der Waals surface area (Å²) in [5, 5.41) is 8.91. The number of aromatic carboxylic acids is 1. The molecule has 1 saturated carbocycles. The predicted octanol–water partition coefficient (Wildman–Crippen LogP) is 3.15. The van der Waals surface area contributed by atoms with Gasteiger partial charge in [-0.15, -0.1) is 0 Å². The topological polar surface area (TPSA) is 66.8 Å². The number of amides is 1. The molecule has 1 amide bonds. The standard InChI is InChI=1S/C15H19NO4/c1-16(12-7-3-2-4-8-12)15(19)20-13-9-5-6-11(10-13)14(17)18/h5-6,9-10,12H,2-4,7-8H2,1H3,(H,17,18). The zero-order valence-electron chi connectivity index (χ0n) is 11.5. The Kier molecular flexibility index (Phi) is 4.61. The van der Waals surface area contributed by atoms with E-state index in [1.807, 2.05) is 0 Å². The molecule has 0 bridgehead atoms. The number of carbonyl (C=O) groups excluding carboxylic acids is 1. The number of hydrogen-bond acceptors (Lipinski definition) is 3. The highest BCUT2D eigenvalue weighted by Crippen LogP contribution is 2.23. The van der Waals surface area contributed by atoms with Crippen LogP contribution in [-0.4, -0.2) is 35.2 Å². The summed E-state index contributed by atoms with van der Waals surface area (Å²) in [7, 11) is 1.74. The minimum absolute atomic E-state index is 0.107. The highest BCUT2D eigenvalue weighted by atomic mass is 16.6. The van der Waals surface area contributed by atoms with Gasteiger partial charge in [-0.25, -0.2) is 9.59 Å². The van der Waals surface area contributed by atoms with E-state index in [2.05, 4.69) is 0 Å². The molecule has 1 aromatic rings. The third-order valence-electron chi connectivity index (χ3n) is 3.70.